The van der Waals surface area contributed by atoms with E-state index in [2.05, 4.69) is 10.7 Å². The normalized spacial score (nSPS) is 11.7. The number of carbonyl (C=O) groups excluding carboxylic acids is 5. The van der Waals surface area contributed by atoms with Gasteiger partial charge in [0.05, 0.1) is 17.4 Å². The van der Waals surface area contributed by atoms with Gasteiger partial charge in [0.15, 0.2) is 5.76 Å². The molecule has 0 saturated heterocycles. The van der Waals surface area contributed by atoms with Crippen molar-refractivity contribution in [1.82, 2.24) is 10.9 Å². The van der Waals surface area contributed by atoms with Gasteiger partial charge in [-0.2, -0.15) is 0 Å². The predicted molar refractivity (Wildman–Crippen MR) is 148 cm³/mol. The molecule has 3 amide bonds. The topological polar surface area (TPSA) is 190 Å². The molecule has 3 aromatic carbocycles. The van der Waals surface area contributed by atoms with Gasteiger partial charge in [-0.1, -0.05) is 36.4 Å². The van der Waals surface area contributed by atoms with E-state index in [1.54, 1.807) is 18.2 Å². The molecule has 4 N–H and O–H groups in total. The number of nitrogens with one attached hydrogen (secondary N) is 3. The molecule has 0 bridgehead atoms. The number of amides is 3. The van der Waals surface area contributed by atoms with Crippen molar-refractivity contribution in [2.45, 2.75) is 12.2 Å². The van der Waals surface area contributed by atoms with Crippen LogP contribution < -0.4 is 16.2 Å². The van der Waals surface area contributed by atoms with E-state index in [9.17, 15) is 33.9 Å². The molecule has 13 nitrogen and oxygen atoms in total. The van der Waals surface area contributed by atoms with Crippen LogP contribution in [0.2, 0.25) is 0 Å². The molecule has 0 aliphatic rings. The van der Waals surface area contributed by atoms with Crippen LogP contribution in [-0.2, 0) is 19.1 Å². The van der Waals surface area contributed by atoms with E-state index in [-0.39, 0.29) is 22.5 Å². The molecule has 0 aliphatic carbocycles. The molecule has 0 unspecified atom stereocenters. The van der Waals surface area contributed by atoms with Crippen molar-refractivity contribution in [3.63, 3.8) is 0 Å². The highest BCUT2D eigenvalue weighted by Gasteiger charge is 2.41. The summed E-state index contributed by atoms with van der Waals surface area (Å²) < 4.78 is 15.2. The first-order valence-corrected chi connectivity index (χ1v) is 12.5. The van der Waals surface area contributed by atoms with Crippen molar-refractivity contribution in [2.75, 3.05) is 5.32 Å². The van der Waals surface area contributed by atoms with E-state index >= 15 is 0 Å². The number of aliphatic carboxylic acids is 1. The highest BCUT2D eigenvalue weighted by Crippen LogP contribution is 2.14. The van der Waals surface area contributed by atoms with Gasteiger partial charge in [0.1, 0.15) is 0 Å². The molecule has 0 radical (unpaired) electrons. The third-order valence-corrected chi connectivity index (χ3v) is 5.71. The van der Waals surface area contributed by atoms with Gasteiger partial charge in [-0.25, -0.2) is 14.4 Å². The lowest BCUT2D eigenvalue weighted by Crippen LogP contribution is -2.54. The standard InChI is InChI=1S/C30H23N3O10/c34-25(18-13-15-21(16-14-18)31-26(35)22-12-7-17-41-22)32-33-27(36)23(42-29(39)19-8-3-1-4-9-19)24(28(37)38)43-30(40)20-10-5-2-6-11-20/h1-17,23-24H,(H,31,35)(H,32,34)(H,33,36)(H,37,38)/t23-,24+/m1/s1. The fourth-order valence-electron chi connectivity index (χ4n) is 3.58. The summed E-state index contributed by atoms with van der Waals surface area (Å²) in [5.74, 6) is -6.52. The van der Waals surface area contributed by atoms with Gasteiger partial charge in [-0.15, -0.1) is 0 Å². The van der Waals surface area contributed by atoms with Gasteiger partial charge >= 0.3 is 17.9 Å². The third-order valence-electron chi connectivity index (χ3n) is 5.71. The minimum atomic E-state index is -2.28. The summed E-state index contributed by atoms with van der Waals surface area (Å²) in [5, 5.41) is 12.4. The molecule has 0 saturated carbocycles. The molecule has 4 aromatic rings. The summed E-state index contributed by atoms with van der Waals surface area (Å²) in [7, 11) is 0. The number of hydrazine groups is 1. The molecule has 0 spiro atoms. The molecule has 1 heterocycles. The number of anilines is 1. The lowest BCUT2D eigenvalue weighted by molar-refractivity contribution is -0.159. The van der Waals surface area contributed by atoms with E-state index in [0.29, 0.717) is 5.69 Å². The van der Waals surface area contributed by atoms with E-state index in [4.69, 9.17) is 13.9 Å². The minimum Gasteiger partial charge on any atom is -0.478 e. The lowest BCUT2D eigenvalue weighted by atomic mass is 10.1. The summed E-state index contributed by atoms with van der Waals surface area (Å²) in [4.78, 5) is 75.3. The Hall–Kier alpha value is -6.24. The second-order valence-corrected chi connectivity index (χ2v) is 8.67. The zero-order valence-electron chi connectivity index (χ0n) is 22.1. The third kappa shape index (κ3) is 7.91. The summed E-state index contributed by atoms with van der Waals surface area (Å²) in [5.41, 5.74) is 4.45. The molecule has 2 atom stereocenters. The number of carboxylic acid groups (broad SMARTS) is 1. The smallest absolute Gasteiger partial charge is 0.349 e. The maximum atomic E-state index is 13.1. The highest BCUT2D eigenvalue weighted by atomic mass is 16.6. The van der Waals surface area contributed by atoms with Crippen LogP contribution in [0.25, 0.3) is 0 Å². The zero-order valence-corrected chi connectivity index (χ0v) is 22.1. The first kappa shape index (κ1) is 29.7. The number of benzene rings is 3. The van der Waals surface area contributed by atoms with Crippen LogP contribution >= 0.6 is 0 Å². The van der Waals surface area contributed by atoms with Crippen molar-refractivity contribution in [2.24, 2.45) is 0 Å². The first-order valence-electron chi connectivity index (χ1n) is 12.5. The fourth-order valence-corrected chi connectivity index (χ4v) is 3.58. The molecular formula is C30H23N3O10. The van der Waals surface area contributed by atoms with Crippen molar-refractivity contribution >= 4 is 41.3 Å². The van der Waals surface area contributed by atoms with Crippen LogP contribution in [0, 0.1) is 0 Å². The van der Waals surface area contributed by atoms with Crippen LogP contribution in [0.15, 0.2) is 108 Å². The molecule has 0 fully saturated rings. The van der Waals surface area contributed by atoms with E-state index in [1.807, 2.05) is 5.43 Å². The Morgan fingerprint density at radius 1 is 0.605 bits per heavy atom. The molecule has 0 aliphatic heterocycles. The summed E-state index contributed by atoms with van der Waals surface area (Å²) >= 11 is 0. The molecule has 13 heteroatoms. The number of furan rings is 1. The SMILES string of the molecule is O=C(NNC(=O)[C@H](OC(=O)c1ccccc1)[C@H](OC(=O)c1ccccc1)C(=O)O)c1ccc(NC(=O)c2ccco2)cc1. The summed E-state index contributed by atoms with van der Waals surface area (Å²) in [6.45, 7) is 0. The van der Waals surface area contributed by atoms with Gasteiger partial charge < -0.3 is 24.3 Å². The quantitative estimate of drug-likeness (QED) is 0.159. The summed E-state index contributed by atoms with van der Waals surface area (Å²) in [6.07, 6.45) is -3.15. The van der Waals surface area contributed by atoms with Crippen molar-refractivity contribution in [1.29, 1.82) is 0 Å². The van der Waals surface area contributed by atoms with Crippen LogP contribution in [0.5, 0.6) is 0 Å². The maximum Gasteiger partial charge on any atom is 0.349 e. The maximum absolute atomic E-state index is 13.1. The molecule has 218 valence electrons. The Bertz CT molecular complexity index is 1610. The number of hydrogen-bond donors (Lipinski definition) is 4. The Labute approximate surface area is 243 Å². The average molecular weight is 586 g/mol. The van der Waals surface area contributed by atoms with Crippen LogP contribution in [0.1, 0.15) is 41.6 Å². The van der Waals surface area contributed by atoms with Crippen LogP contribution in [0.3, 0.4) is 0 Å². The average Bonchev–Trinajstić information content (AvgIpc) is 3.58. The lowest BCUT2D eigenvalue weighted by Gasteiger charge is -2.23. The van der Waals surface area contributed by atoms with Crippen LogP contribution in [-0.4, -0.2) is 52.9 Å². The van der Waals surface area contributed by atoms with E-state index in [0.717, 1.165) is 0 Å². The Morgan fingerprint density at radius 3 is 1.67 bits per heavy atom. The van der Waals surface area contributed by atoms with Gasteiger partial charge in [0.2, 0.25) is 12.2 Å². The fraction of sp³-hybridized carbons (Fsp3) is 0.0667. The highest BCUT2D eigenvalue weighted by molar-refractivity contribution is 6.03. The van der Waals surface area contributed by atoms with E-state index in [1.165, 1.54) is 85.1 Å². The monoisotopic (exact) mass is 585 g/mol. The second kappa shape index (κ2) is 13.9. The number of carboxylic acids is 1. The molecule has 43 heavy (non-hydrogen) atoms. The van der Waals surface area contributed by atoms with Gasteiger partial charge in [-0.3, -0.25) is 25.2 Å². The molecule has 4 rings (SSSR count). The number of ether oxygens (including phenoxy) is 2. The predicted octanol–water partition coefficient (Wildman–Crippen LogP) is 2.83. The van der Waals surface area contributed by atoms with Crippen molar-refractivity contribution in [3.8, 4) is 0 Å². The number of hydrogen-bond acceptors (Lipinski definition) is 9. The molecule has 1 aromatic heterocycles. The minimum absolute atomic E-state index is 0.0120. The Morgan fingerprint density at radius 2 is 1.16 bits per heavy atom. The van der Waals surface area contributed by atoms with E-state index < -0.39 is 47.8 Å². The first-order chi connectivity index (χ1) is 20.7. The second-order valence-electron chi connectivity index (χ2n) is 8.67. The van der Waals surface area contributed by atoms with Gasteiger partial charge in [-0.05, 0) is 60.7 Å². The summed E-state index contributed by atoms with van der Waals surface area (Å²) in [6, 6.07) is 23.3. The van der Waals surface area contributed by atoms with Crippen LogP contribution in [0.4, 0.5) is 5.69 Å². The Balaban J connectivity index is 1.46. The number of carbonyl (C=O) groups is 6. The number of esters is 2. The zero-order chi connectivity index (χ0) is 30.8. The Kier molecular flexibility index (Phi) is 9.61. The number of rotatable bonds is 10. The van der Waals surface area contributed by atoms with Crippen molar-refractivity contribution < 1.29 is 47.8 Å². The molecular weight excluding hydrogens is 562 g/mol. The van der Waals surface area contributed by atoms with Gasteiger partial charge in [0, 0.05) is 11.3 Å². The van der Waals surface area contributed by atoms with Gasteiger partial charge in [0.25, 0.3) is 17.7 Å². The largest absolute Gasteiger partial charge is 0.478 e. The van der Waals surface area contributed by atoms with Crippen molar-refractivity contribution in [3.05, 3.63) is 126 Å².